The number of carbonyl (C=O) groups is 2. The van der Waals surface area contributed by atoms with Crippen molar-refractivity contribution < 1.29 is 40.0 Å². The lowest BCUT2D eigenvalue weighted by molar-refractivity contribution is -0.267. The number of nitrogens with one attached hydrogen (secondary N) is 1. The number of rotatable bonds is 11. The fourth-order valence-corrected chi connectivity index (χ4v) is 4.36. The van der Waals surface area contributed by atoms with Gasteiger partial charge in [-0.1, -0.05) is 46.4 Å². The first-order valence-corrected chi connectivity index (χ1v) is 14.7. The van der Waals surface area contributed by atoms with Crippen LogP contribution in [0.25, 0.3) is 0 Å². The molecule has 4 unspecified atom stereocenters. The first-order chi connectivity index (χ1) is 20.0. The number of anilines is 2. The van der Waals surface area contributed by atoms with Crippen LogP contribution in [0.1, 0.15) is 64.9 Å². The maximum atomic E-state index is 11.3. The molecule has 16 heteroatoms. The predicted molar refractivity (Wildman–Crippen MR) is 172 cm³/mol. The third-order valence-corrected chi connectivity index (χ3v) is 7.16. The maximum Gasteiger partial charge on any atom is 0.338 e. The number of halogens is 4. The van der Waals surface area contributed by atoms with Crippen molar-refractivity contribution in [1.82, 2.24) is 10.4 Å². The minimum atomic E-state index is -2.30. The summed E-state index contributed by atoms with van der Waals surface area (Å²) >= 11 is 23.7. The topological polar surface area (TPSA) is 212 Å². The van der Waals surface area contributed by atoms with Crippen LogP contribution in [-0.4, -0.2) is 78.9 Å². The van der Waals surface area contributed by atoms with Gasteiger partial charge in [-0.05, 0) is 76.9 Å². The summed E-state index contributed by atoms with van der Waals surface area (Å²) in [6.45, 7) is 11.2. The highest BCUT2D eigenvalue weighted by Crippen LogP contribution is 2.33. The average molecular weight is 702 g/mol. The zero-order chi connectivity index (χ0) is 34.3. The van der Waals surface area contributed by atoms with E-state index in [-0.39, 0.29) is 27.8 Å². The van der Waals surface area contributed by atoms with Crippen molar-refractivity contribution in [1.29, 1.82) is 0 Å². The molecule has 0 bridgehead atoms. The summed E-state index contributed by atoms with van der Waals surface area (Å²) in [7, 11) is 0. The van der Waals surface area contributed by atoms with Crippen LogP contribution >= 0.6 is 46.4 Å². The van der Waals surface area contributed by atoms with Gasteiger partial charge >= 0.3 is 11.9 Å². The predicted octanol–water partition coefficient (Wildman–Crippen LogP) is 4.54. The lowest BCUT2D eigenvalue weighted by Crippen LogP contribution is -2.52. The Balaban J connectivity index is 0.000000488. The molecule has 0 fully saturated rings. The molecule has 2 rings (SSSR count). The summed E-state index contributed by atoms with van der Waals surface area (Å²) < 4.78 is 0. The van der Waals surface area contributed by atoms with E-state index in [2.05, 4.69) is 5.32 Å². The normalized spacial score (nSPS) is 14.8. The van der Waals surface area contributed by atoms with Crippen LogP contribution in [0.4, 0.5) is 11.4 Å². The van der Waals surface area contributed by atoms with Crippen molar-refractivity contribution in [3.8, 4) is 0 Å². The minimum absolute atomic E-state index is 0.0532. The van der Waals surface area contributed by atoms with Gasteiger partial charge in [-0.15, -0.1) is 0 Å². The Morgan fingerprint density at radius 2 is 1.18 bits per heavy atom. The van der Waals surface area contributed by atoms with Crippen LogP contribution in [-0.2, 0) is 14.4 Å². The molecular weight excluding hydrogens is 662 g/mol. The number of β-amino-alcohol motifs (C(OH)–C–C–N with tert-alkyl or cyclic N) is 2. The van der Waals surface area contributed by atoms with Crippen molar-refractivity contribution in [2.24, 2.45) is 0 Å². The summed E-state index contributed by atoms with van der Waals surface area (Å²) in [6.07, 6.45) is -6.27. The molecule has 0 saturated carbocycles. The molecule has 2 aromatic rings. The summed E-state index contributed by atoms with van der Waals surface area (Å²) in [5.41, 5.74) is 11.8. The number of benzene rings is 2. The molecule has 2 aromatic carbocycles. The molecule has 0 spiro atoms. The summed E-state index contributed by atoms with van der Waals surface area (Å²) in [5.74, 6) is -3.43. The van der Waals surface area contributed by atoms with Crippen LogP contribution < -0.4 is 16.8 Å². The number of carboxylic acid groups (broad SMARTS) is 2. The van der Waals surface area contributed by atoms with Gasteiger partial charge in [-0.2, -0.15) is 5.06 Å². The molecule has 4 atom stereocenters. The van der Waals surface area contributed by atoms with Gasteiger partial charge in [0, 0.05) is 17.6 Å². The number of aliphatic hydroxyl groups excluding tert-OH is 3. The van der Waals surface area contributed by atoms with Crippen LogP contribution in [0, 0.1) is 0 Å². The first-order valence-electron chi connectivity index (χ1n) is 13.1. The number of nitrogens with two attached hydrogens (primary N) is 2. The van der Waals surface area contributed by atoms with Crippen molar-refractivity contribution in [3.63, 3.8) is 0 Å². The molecule has 0 aliphatic heterocycles. The van der Waals surface area contributed by atoms with E-state index >= 15 is 0 Å². The summed E-state index contributed by atoms with van der Waals surface area (Å²) in [6, 6.07) is 6.07. The highest BCUT2D eigenvalue weighted by Gasteiger charge is 2.38. The van der Waals surface area contributed by atoms with Crippen LogP contribution in [0.15, 0.2) is 24.3 Å². The second-order valence-electron chi connectivity index (χ2n) is 11.8. The number of aliphatic carboxylic acids is 2. The van der Waals surface area contributed by atoms with E-state index in [4.69, 9.17) is 67.8 Å². The first kappa shape index (κ1) is 39.9. The zero-order valence-electron chi connectivity index (χ0n) is 25.1. The third-order valence-electron chi connectivity index (χ3n) is 5.91. The van der Waals surface area contributed by atoms with Gasteiger partial charge in [0.15, 0.2) is 6.10 Å². The van der Waals surface area contributed by atoms with Crippen molar-refractivity contribution in [2.75, 3.05) is 24.6 Å². The van der Waals surface area contributed by atoms with Gasteiger partial charge in [0.1, 0.15) is 0 Å². The Kier molecular flexibility index (Phi) is 14.9. The van der Waals surface area contributed by atoms with E-state index in [1.807, 2.05) is 20.8 Å². The highest BCUT2D eigenvalue weighted by molar-refractivity contribution is 6.39. The van der Waals surface area contributed by atoms with E-state index < -0.39 is 41.9 Å². The Labute approximate surface area is 276 Å². The molecule has 10 N–H and O–H groups in total. The van der Waals surface area contributed by atoms with E-state index in [0.29, 0.717) is 33.4 Å². The van der Waals surface area contributed by atoms with Gasteiger partial charge in [-0.3, -0.25) is 4.84 Å². The summed E-state index contributed by atoms with van der Waals surface area (Å²) in [4.78, 5) is 27.5. The Hall–Kier alpha value is -2.10. The van der Waals surface area contributed by atoms with Crippen LogP contribution in [0.5, 0.6) is 0 Å². The molecule has 0 radical (unpaired) electrons. The molecule has 12 nitrogen and oxygen atoms in total. The molecule has 0 amide bonds. The van der Waals surface area contributed by atoms with Crippen molar-refractivity contribution >= 4 is 69.7 Å². The van der Waals surface area contributed by atoms with E-state index in [9.17, 15) is 30.0 Å². The quantitative estimate of drug-likeness (QED) is 0.120. The van der Waals surface area contributed by atoms with Crippen molar-refractivity contribution in [2.45, 2.75) is 77.0 Å². The van der Waals surface area contributed by atoms with Gasteiger partial charge in [-0.25, -0.2) is 9.59 Å². The molecule has 44 heavy (non-hydrogen) atoms. The Bertz CT molecular complexity index is 1260. The lowest BCUT2D eigenvalue weighted by Gasteiger charge is -2.37. The molecule has 0 saturated heterocycles. The molecule has 0 aliphatic rings. The Morgan fingerprint density at radius 3 is 1.50 bits per heavy atom. The molecule has 0 aromatic heterocycles. The van der Waals surface area contributed by atoms with Crippen LogP contribution in [0.2, 0.25) is 20.1 Å². The largest absolute Gasteiger partial charge is 0.479 e. The number of hydrogen-bond acceptors (Lipinski definition) is 10. The lowest BCUT2D eigenvalue weighted by atomic mass is 10.0. The van der Waals surface area contributed by atoms with E-state index in [1.54, 1.807) is 32.9 Å². The average Bonchev–Trinajstić information content (AvgIpc) is 2.89. The standard InChI is InChI=1S/C16H22Cl2N2O7.C12H18Cl2N2O/c1-16(2,3)20(27-13(15(25)26)12(22)14(23)24)6-10(21)7-4-8(17)11(19)9(18)5-7;1-12(2,3)16-6-10(17)7-4-8(13)11(15)9(14)5-7/h4-5,10,12-13,21-22H,6,19H2,1-3H3,(H,23,24)(H,25,26);4-5,10,16-17H,6,15H2,1-3H3. The number of aliphatic hydroxyl groups is 3. The van der Waals surface area contributed by atoms with Gasteiger partial charge in [0.2, 0.25) is 6.10 Å². The third kappa shape index (κ3) is 12.4. The fourth-order valence-electron chi connectivity index (χ4n) is 3.36. The Morgan fingerprint density at radius 1 is 0.795 bits per heavy atom. The smallest absolute Gasteiger partial charge is 0.338 e. The van der Waals surface area contributed by atoms with E-state index in [1.165, 1.54) is 12.1 Å². The molecule has 248 valence electrons. The number of nitrogens with zero attached hydrogens (tertiary/aromatic N) is 1. The number of hydrogen-bond donors (Lipinski definition) is 8. The molecule has 0 aliphatic carbocycles. The maximum absolute atomic E-state index is 11.3. The molecule has 0 heterocycles. The SMILES string of the molecule is CC(C)(C)N(CC(O)c1cc(Cl)c(N)c(Cl)c1)OC(C(=O)O)C(O)C(=O)O.CC(C)(C)NCC(O)c1cc(Cl)c(N)c(Cl)c1. The second-order valence-corrected chi connectivity index (χ2v) is 13.5. The van der Waals surface area contributed by atoms with Crippen LogP contribution in [0.3, 0.4) is 0 Å². The molecular formula is C28H40Cl4N4O8. The second kappa shape index (κ2) is 16.5. The number of nitrogen functional groups attached to an aromatic ring is 2. The summed E-state index contributed by atoms with van der Waals surface area (Å²) in [5, 5.41) is 53.4. The van der Waals surface area contributed by atoms with Gasteiger partial charge in [0.05, 0.1) is 50.2 Å². The van der Waals surface area contributed by atoms with Gasteiger partial charge in [0.25, 0.3) is 0 Å². The van der Waals surface area contributed by atoms with E-state index in [0.717, 1.165) is 5.06 Å². The minimum Gasteiger partial charge on any atom is -0.479 e. The number of hydroxylamine groups is 2. The number of carboxylic acids is 2. The van der Waals surface area contributed by atoms with Crippen molar-refractivity contribution in [3.05, 3.63) is 55.5 Å². The monoisotopic (exact) mass is 700 g/mol. The zero-order valence-corrected chi connectivity index (χ0v) is 28.1. The van der Waals surface area contributed by atoms with Gasteiger partial charge < -0.3 is 42.3 Å². The highest BCUT2D eigenvalue weighted by atomic mass is 35.5. The fraction of sp³-hybridized carbons (Fsp3) is 0.500.